The molecule has 1 atom stereocenters. The summed E-state index contributed by atoms with van der Waals surface area (Å²) in [6, 6.07) is 0.698. The van der Waals surface area contributed by atoms with Crippen molar-refractivity contribution in [3.63, 3.8) is 0 Å². The van der Waals surface area contributed by atoms with Gasteiger partial charge in [-0.15, -0.1) is 0 Å². The van der Waals surface area contributed by atoms with E-state index in [9.17, 15) is 0 Å². The number of hydrogen-bond donors (Lipinski definition) is 0. The van der Waals surface area contributed by atoms with E-state index in [2.05, 4.69) is 49.0 Å². The second-order valence-corrected chi connectivity index (χ2v) is 14.5. The minimum absolute atomic E-state index is 0.698. The summed E-state index contributed by atoms with van der Waals surface area (Å²) in [7, 11) is -0.927. The largest absolute Gasteiger partial charge is 0.294 e. The van der Waals surface area contributed by atoms with Crippen LogP contribution < -0.4 is 0 Å². The SMILES string of the molecule is CC(CC=NC1CC1)S[Si](C)(C)C. The smallest absolute Gasteiger partial charge is 0.108 e. The Balaban J connectivity index is 2.12. The van der Waals surface area contributed by atoms with Crippen LogP contribution in [0.5, 0.6) is 0 Å². The molecular formula is C10H21NSSi. The first-order chi connectivity index (χ1) is 5.97. The van der Waals surface area contributed by atoms with Crippen molar-refractivity contribution in [1.82, 2.24) is 0 Å². The van der Waals surface area contributed by atoms with Crippen LogP contribution >= 0.6 is 11.2 Å². The topological polar surface area (TPSA) is 12.4 Å². The van der Waals surface area contributed by atoms with Crippen LogP contribution in [0.1, 0.15) is 26.2 Å². The van der Waals surface area contributed by atoms with Gasteiger partial charge in [0.05, 0.1) is 0 Å². The van der Waals surface area contributed by atoms with E-state index in [1.165, 1.54) is 12.8 Å². The highest BCUT2D eigenvalue weighted by Gasteiger charge is 2.20. The van der Waals surface area contributed by atoms with E-state index in [1.807, 2.05) is 0 Å². The maximum atomic E-state index is 4.48. The fourth-order valence-corrected chi connectivity index (χ4v) is 6.53. The van der Waals surface area contributed by atoms with Crippen LogP contribution in [0, 0.1) is 0 Å². The molecule has 0 bridgehead atoms. The number of hydrogen-bond acceptors (Lipinski definition) is 2. The number of nitrogens with zero attached hydrogens (tertiary/aromatic N) is 1. The van der Waals surface area contributed by atoms with Crippen LogP contribution in [0.4, 0.5) is 0 Å². The van der Waals surface area contributed by atoms with E-state index in [1.54, 1.807) is 0 Å². The Labute approximate surface area is 87.1 Å². The number of rotatable bonds is 5. The summed E-state index contributed by atoms with van der Waals surface area (Å²) < 4.78 is 0. The maximum Gasteiger partial charge on any atom is 0.108 e. The van der Waals surface area contributed by atoms with Crippen molar-refractivity contribution in [1.29, 1.82) is 0 Å². The lowest BCUT2D eigenvalue weighted by atomic mass is 10.3. The van der Waals surface area contributed by atoms with Gasteiger partial charge in [-0.05, 0) is 19.3 Å². The van der Waals surface area contributed by atoms with Gasteiger partial charge in [0.15, 0.2) is 0 Å². The van der Waals surface area contributed by atoms with Gasteiger partial charge in [0.2, 0.25) is 0 Å². The fraction of sp³-hybridized carbons (Fsp3) is 0.900. The van der Waals surface area contributed by atoms with Crippen molar-refractivity contribution >= 4 is 24.6 Å². The quantitative estimate of drug-likeness (QED) is 0.504. The summed E-state index contributed by atoms with van der Waals surface area (Å²) in [5, 5.41) is 0.758. The third kappa shape index (κ3) is 6.33. The Hall–Kier alpha value is 0.237. The molecule has 3 heteroatoms. The van der Waals surface area contributed by atoms with E-state index in [-0.39, 0.29) is 0 Å². The lowest BCUT2D eigenvalue weighted by Crippen LogP contribution is -2.18. The molecular weight excluding hydrogens is 194 g/mol. The lowest BCUT2D eigenvalue weighted by molar-refractivity contribution is 1.00. The zero-order valence-electron chi connectivity index (χ0n) is 9.21. The Morgan fingerprint density at radius 3 is 2.54 bits per heavy atom. The van der Waals surface area contributed by atoms with Crippen LogP contribution in [0.15, 0.2) is 4.99 Å². The fourth-order valence-electron chi connectivity index (χ4n) is 1.23. The third-order valence-corrected chi connectivity index (χ3v) is 6.49. The summed E-state index contributed by atoms with van der Waals surface area (Å²) in [5.74, 6) is 0. The lowest BCUT2D eigenvalue weighted by Gasteiger charge is -2.19. The van der Waals surface area contributed by atoms with Gasteiger partial charge in [-0.25, -0.2) is 0 Å². The van der Waals surface area contributed by atoms with Gasteiger partial charge in [-0.1, -0.05) is 26.6 Å². The van der Waals surface area contributed by atoms with Crippen molar-refractivity contribution in [3.05, 3.63) is 0 Å². The average molecular weight is 215 g/mol. The monoisotopic (exact) mass is 215 g/mol. The summed E-state index contributed by atoms with van der Waals surface area (Å²) in [4.78, 5) is 4.48. The highest BCUT2D eigenvalue weighted by atomic mass is 32.4. The van der Waals surface area contributed by atoms with Crippen LogP contribution in [-0.4, -0.2) is 24.7 Å². The van der Waals surface area contributed by atoms with Gasteiger partial charge in [0.1, 0.15) is 7.22 Å². The zero-order chi connectivity index (χ0) is 9.90. The van der Waals surface area contributed by atoms with Crippen LogP contribution in [-0.2, 0) is 0 Å². The van der Waals surface area contributed by atoms with Crippen LogP contribution in [0.3, 0.4) is 0 Å². The highest BCUT2D eigenvalue weighted by Crippen LogP contribution is 2.27. The first-order valence-electron chi connectivity index (χ1n) is 5.17. The molecule has 1 aliphatic carbocycles. The van der Waals surface area contributed by atoms with Crippen molar-refractivity contribution in [2.75, 3.05) is 0 Å². The standard InChI is InChI=1S/C10H21NSSi/c1-9(12-13(2,3)4)7-8-11-10-5-6-10/h8-10H,5-7H2,1-4H3. The minimum Gasteiger partial charge on any atom is -0.294 e. The molecule has 1 aliphatic rings. The summed E-state index contributed by atoms with van der Waals surface area (Å²) >= 11 is 2.18. The summed E-state index contributed by atoms with van der Waals surface area (Å²) in [6.45, 7) is 9.55. The molecule has 0 N–H and O–H groups in total. The van der Waals surface area contributed by atoms with Crippen LogP contribution in [0.2, 0.25) is 19.6 Å². The average Bonchev–Trinajstić information content (AvgIpc) is 2.66. The molecule has 1 nitrogen and oxygen atoms in total. The second-order valence-electron chi connectivity index (χ2n) is 4.84. The van der Waals surface area contributed by atoms with E-state index < -0.39 is 7.22 Å². The van der Waals surface area contributed by atoms with E-state index in [0.717, 1.165) is 11.7 Å². The van der Waals surface area contributed by atoms with Crippen molar-refractivity contribution < 1.29 is 0 Å². The van der Waals surface area contributed by atoms with Gasteiger partial charge in [0.25, 0.3) is 0 Å². The summed E-state index contributed by atoms with van der Waals surface area (Å²) in [6.07, 6.45) is 5.96. The molecule has 1 unspecified atom stereocenters. The normalized spacial score (nSPS) is 20.9. The van der Waals surface area contributed by atoms with Gasteiger partial charge in [-0.2, -0.15) is 11.2 Å². The molecule has 1 saturated carbocycles. The molecule has 0 aliphatic heterocycles. The molecule has 76 valence electrons. The molecule has 0 aromatic carbocycles. The predicted octanol–water partition coefficient (Wildman–Crippen LogP) is 3.57. The molecule has 0 saturated heterocycles. The van der Waals surface area contributed by atoms with Gasteiger partial charge in [-0.3, -0.25) is 4.99 Å². The molecule has 1 rings (SSSR count). The zero-order valence-corrected chi connectivity index (χ0v) is 11.0. The molecule has 0 amide bonds. The maximum absolute atomic E-state index is 4.48. The van der Waals surface area contributed by atoms with Gasteiger partial charge in [0, 0.05) is 17.5 Å². The van der Waals surface area contributed by atoms with Gasteiger partial charge < -0.3 is 0 Å². The first-order valence-corrected chi connectivity index (χ1v) is 10.3. The summed E-state index contributed by atoms with van der Waals surface area (Å²) in [5.41, 5.74) is 0. The van der Waals surface area contributed by atoms with Crippen molar-refractivity contribution in [3.8, 4) is 0 Å². The van der Waals surface area contributed by atoms with Crippen molar-refractivity contribution in [2.24, 2.45) is 4.99 Å². The third-order valence-electron chi connectivity index (χ3n) is 1.86. The molecule has 0 aromatic heterocycles. The molecule has 0 heterocycles. The number of aliphatic imine (C=N–C) groups is 1. The predicted molar refractivity (Wildman–Crippen MR) is 66.5 cm³/mol. The highest BCUT2D eigenvalue weighted by molar-refractivity contribution is 8.29. The molecule has 13 heavy (non-hydrogen) atoms. The molecule has 0 spiro atoms. The Morgan fingerprint density at radius 1 is 1.46 bits per heavy atom. The van der Waals surface area contributed by atoms with Gasteiger partial charge >= 0.3 is 0 Å². The minimum atomic E-state index is -0.927. The van der Waals surface area contributed by atoms with Crippen molar-refractivity contribution in [2.45, 2.75) is 57.1 Å². The molecule has 1 fully saturated rings. The van der Waals surface area contributed by atoms with Crippen LogP contribution in [0.25, 0.3) is 0 Å². The Morgan fingerprint density at radius 2 is 2.08 bits per heavy atom. The van der Waals surface area contributed by atoms with E-state index in [4.69, 9.17) is 0 Å². The van der Waals surface area contributed by atoms with E-state index >= 15 is 0 Å². The first kappa shape index (κ1) is 11.3. The Bertz CT molecular complexity index is 182. The molecule has 0 aromatic rings. The Kier molecular flexibility index (Phi) is 4.04. The molecule has 0 radical (unpaired) electrons. The second kappa shape index (κ2) is 4.65. The van der Waals surface area contributed by atoms with E-state index in [0.29, 0.717) is 6.04 Å².